The predicted molar refractivity (Wildman–Crippen MR) is 65.1 cm³/mol. The summed E-state index contributed by atoms with van der Waals surface area (Å²) in [6.07, 6.45) is 6.78. The first-order chi connectivity index (χ1) is 7.29. The van der Waals surface area contributed by atoms with E-state index in [9.17, 15) is 0 Å². The second-order valence-electron chi connectivity index (χ2n) is 5.15. The normalized spacial score (nSPS) is 17.0. The second kappa shape index (κ2) is 8.12. The second-order valence-corrected chi connectivity index (χ2v) is 5.15. The molecule has 2 nitrogen and oxygen atoms in total. The molecule has 0 aromatic carbocycles. The Morgan fingerprint density at radius 1 is 1.27 bits per heavy atom. The van der Waals surface area contributed by atoms with Gasteiger partial charge >= 0.3 is 0 Å². The monoisotopic (exact) mass is 213 g/mol. The quantitative estimate of drug-likeness (QED) is 0.595. The lowest BCUT2D eigenvalue weighted by atomic mass is 9.83. The van der Waals surface area contributed by atoms with Crippen molar-refractivity contribution in [2.24, 2.45) is 11.8 Å². The van der Waals surface area contributed by atoms with Crippen molar-refractivity contribution in [3.05, 3.63) is 0 Å². The smallest absolute Gasteiger partial charge is 0.0478 e. The minimum Gasteiger partial charge on any atom is -0.381 e. The van der Waals surface area contributed by atoms with Gasteiger partial charge < -0.3 is 10.1 Å². The van der Waals surface area contributed by atoms with Gasteiger partial charge in [-0.15, -0.1) is 0 Å². The molecular formula is C13H27NO. The average Bonchev–Trinajstić information content (AvgIpc) is 2.12. The molecule has 0 aromatic rings. The van der Waals surface area contributed by atoms with Crippen molar-refractivity contribution in [3.8, 4) is 0 Å². The Morgan fingerprint density at radius 3 is 2.67 bits per heavy atom. The summed E-state index contributed by atoms with van der Waals surface area (Å²) in [7, 11) is 0. The van der Waals surface area contributed by atoms with E-state index >= 15 is 0 Å². The largest absolute Gasteiger partial charge is 0.381 e. The van der Waals surface area contributed by atoms with Gasteiger partial charge in [0.05, 0.1) is 0 Å². The molecule has 15 heavy (non-hydrogen) atoms. The Balaban J connectivity index is 1.69. The highest BCUT2D eigenvalue weighted by molar-refractivity contribution is 4.68. The van der Waals surface area contributed by atoms with Gasteiger partial charge in [-0.1, -0.05) is 33.1 Å². The lowest BCUT2D eigenvalue weighted by Crippen LogP contribution is -2.22. The zero-order chi connectivity index (χ0) is 10.9. The fourth-order valence-electron chi connectivity index (χ4n) is 1.82. The lowest BCUT2D eigenvalue weighted by molar-refractivity contribution is 0.104. The summed E-state index contributed by atoms with van der Waals surface area (Å²) in [4.78, 5) is 0. The molecule has 0 spiro atoms. The molecule has 1 fully saturated rings. The molecule has 1 rings (SSSR count). The molecule has 0 amide bonds. The topological polar surface area (TPSA) is 21.3 Å². The molecule has 1 N–H and O–H groups in total. The molecular weight excluding hydrogens is 186 g/mol. The van der Waals surface area contributed by atoms with Gasteiger partial charge in [0.15, 0.2) is 0 Å². The summed E-state index contributed by atoms with van der Waals surface area (Å²) in [5.41, 5.74) is 0. The molecule has 1 aliphatic rings. The average molecular weight is 213 g/mol. The molecule has 0 radical (unpaired) electrons. The first kappa shape index (κ1) is 13.0. The number of rotatable bonds is 9. The summed E-state index contributed by atoms with van der Waals surface area (Å²) in [5.74, 6) is 1.74. The molecule has 0 aliphatic heterocycles. The van der Waals surface area contributed by atoms with Crippen LogP contribution in [0.15, 0.2) is 0 Å². The van der Waals surface area contributed by atoms with Crippen LogP contribution in [0.2, 0.25) is 0 Å². The van der Waals surface area contributed by atoms with Crippen molar-refractivity contribution in [1.82, 2.24) is 5.32 Å². The van der Waals surface area contributed by atoms with Crippen LogP contribution in [0, 0.1) is 11.8 Å². The summed E-state index contributed by atoms with van der Waals surface area (Å²) in [6.45, 7) is 8.61. The van der Waals surface area contributed by atoms with Gasteiger partial charge in [-0.3, -0.25) is 0 Å². The van der Waals surface area contributed by atoms with Gasteiger partial charge in [0.1, 0.15) is 0 Å². The maximum atomic E-state index is 5.61. The highest BCUT2D eigenvalue weighted by Crippen LogP contribution is 2.28. The molecule has 0 heterocycles. The third-order valence-corrected chi connectivity index (χ3v) is 3.09. The first-order valence-electron chi connectivity index (χ1n) is 6.57. The van der Waals surface area contributed by atoms with Crippen molar-refractivity contribution in [3.63, 3.8) is 0 Å². The number of ether oxygens (including phenoxy) is 1. The van der Waals surface area contributed by atoms with Crippen molar-refractivity contribution < 1.29 is 4.74 Å². The van der Waals surface area contributed by atoms with E-state index in [1.54, 1.807) is 0 Å². The Morgan fingerprint density at radius 2 is 2.07 bits per heavy atom. The molecule has 2 heteroatoms. The third-order valence-electron chi connectivity index (χ3n) is 3.09. The lowest BCUT2D eigenvalue weighted by Gasteiger charge is -2.24. The van der Waals surface area contributed by atoms with Gasteiger partial charge in [0.25, 0.3) is 0 Å². The van der Waals surface area contributed by atoms with E-state index in [1.165, 1.54) is 25.7 Å². The molecule has 0 unspecified atom stereocenters. The SMILES string of the molecule is CC(C)CNCCCOCCC1CCC1. The number of hydrogen-bond acceptors (Lipinski definition) is 2. The van der Waals surface area contributed by atoms with Crippen LogP contribution in [0.4, 0.5) is 0 Å². The summed E-state index contributed by atoms with van der Waals surface area (Å²) >= 11 is 0. The van der Waals surface area contributed by atoms with Crippen LogP contribution in [0.3, 0.4) is 0 Å². The van der Waals surface area contributed by atoms with E-state index in [0.717, 1.165) is 44.6 Å². The Bertz CT molecular complexity index is 143. The van der Waals surface area contributed by atoms with Crippen molar-refractivity contribution in [2.45, 2.75) is 46.0 Å². The van der Waals surface area contributed by atoms with E-state index in [-0.39, 0.29) is 0 Å². The standard InChI is InChI=1S/C13H27NO/c1-12(2)11-14-8-4-9-15-10-7-13-5-3-6-13/h12-14H,3-11H2,1-2H3. The van der Waals surface area contributed by atoms with Crippen LogP contribution in [-0.2, 0) is 4.74 Å². The van der Waals surface area contributed by atoms with E-state index in [0.29, 0.717) is 0 Å². The van der Waals surface area contributed by atoms with E-state index in [1.807, 2.05) is 0 Å². The van der Waals surface area contributed by atoms with Crippen LogP contribution < -0.4 is 5.32 Å². The Kier molecular flexibility index (Phi) is 7.03. The zero-order valence-electron chi connectivity index (χ0n) is 10.4. The van der Waals surface area contributed by atoms with E-state index in [2.05, 4.69) is 19.2 Å². The van der Waals surface area contributed by atoms with Crippen LogP contribution >= 0.6 is 0 Å². The number of nitrogens with one attached hydrogen (secondary N) is 1. The third kappa shape index (κ3) is 6.91. The van der Waals surface area contributed by atoms with Gasteiger partial charge in [0, 0.05) is 13.2 Å². The summed E-state index contributed by atoms with van der Waals surface area (Å²) < 4.78 is 5.61. The van der Waals surface area contributed by atoms with Gasteiger partial charge in [-0.2, -0.15) is 0 Å². The van der Waals surface area contributed by atoms with Crippen LogP contribution in [0.5, 0.6) is 0 Å². The Hall–Kier alpha value is -0.0800. The maximum absolute atomic E-state index is 5.61. The molecule has 0 aromatic heterocycles. The molecule has 1 saturated carbocycles. The van der Waals surface area contributed by atoms with E-state index in [4.69, 9.17) is 4.74 Å². The Labute approximate surface area is 94.8 Å². The fraction of sp³-hybridized carbons (Fsp3) is 1.00. The van der Waals surface area contributed by atoms with Gasteiger partial charge in [-0.05, 0) is 37.8 Å². The summed E-state index contributed by atoms with van der Waals surface area (Å²) in [6, 6.07) is 0. The van der Waals surface area contributed by atoms with Crippen LogP contribution in [0.25, 0.3) is 0 Å². The van der Waals surface area contributed by atoms with Gasteiger partial charge in [0.2, 0.25) is 0 Å². The van der Waals surface area contributed by atoms with Crippen molar-refractivity contribution in [2.75, 3.05) is 26.3 Å². The van der Waals surface area contributed by atoms with E-state index < -0.39 is 0 Å². The summed E-state index contributed by atoms with van der Waals surface area (Å²) in [5, 5.41) is 3.43. The molecule has 0 atom stereocenters. The highest BCUT2D eigenvalue weighted by Gasteiger charge is 2.16. The van der Waals surface area contributed by atoms with Crippen LogP contribution in [0.1, 0.15) is 46.0 Å². The molecule has 0 saturated heterocycles. The van der Waals surface area contributed by atoms with Crippen LogP contribution in [-0.4, -0.2) is 26.3 Å². The van der Waals surface area contributed by atoms with Crippen molar-refractivity contribution >= 4 is 0 Å². The molecule has 0 bridgehead atoms. The highest BCUT2D eigenvalue weighted by atomic mass is 16.5. The fourth-order valence-corrected chi connectivity index (χ4v) is 1.82. The molecule has 1 aliphatic carbocycles. The predicted octanol–water partition coefficient (Wildman–Crippen LogP) is 2.83. The first-order valence-corrected chi connectivity index (χ1v) is 6.57. The minimum absolute atomic E-state index is 0.754. The minimum atomic E-state index is 0.754. The maximum Gasteiger partial charge on any atom is 0.0478 e. The van der Waals surface area contributed by atoms with Crippen molar-refractivity contribution in [1.29, 1.82) is 0 Å². The molecule has 90 valence electrons. The number of hydrogen-bond donors (Lipinski definition) is 1. The van der Waals surface area contributed by atoms with Gasteiger partial charge in [-0.25, -0.2) is 0 Å². The zero-order valence-corrected chi connectivity index (χ0v) is 10.4.